The van der Waals surface area contributed by atoms with Crippen molar-refractivity contribution in [3.05, 3.63) is 99.3 Å². The zero-order chi connectivity index (χ0) is 19.3. The fourth-order valence-electron chi connectivity index (χ4n) is 3.68. The highest BCUT2D eigenvalue weighted by atomic mass is 16.5. The number of H-pyrrole nitrogens is 1. The number of hydrogen-bond acceptors (Lipinski definition) is 3. The van der Waals surface area contributed by atoms with Crippen LogP contribution in [0.1, 0.15) is 27.0 Å². The number of carbonyl (C=O) groups excluding carboxylic acids is 1. The second-order valence-corrected chi connectivity index (χ2v) is 7.09. The number of carbonyl (C=O) groups is 1. The summed E-state index contributed by atoms with van der Waals surface area (Å²) in [5.74, 6) is 0.670. The summed E-state index contributed by atoms with van der Waals surface area (Å²) in [4.78, 5) is 28.1. The van der Waals surface area contributed by atoms with Gasteiger partial charge in [0.2, 0.25) is 5.56 Å². The molecule has 6 bridgehead atoms. The van der Waals surface area contributed by atoms with Gasteiger partial charge in [-0.1, -0.05) is 24.3 Å². The number of nitrogens with one attached hydrogen (secondary N) is 1. The van der Waals surface area contributed by atoms with Crippen molar-refractivity contribution in [3.8, 4) is 16.9 Å². The first-order valence-electron chi connectivity index (χ1n) is 9.13. The highest BCUT2D eigenvalue weighted by Gasteiger charge is 2.15. The first kappa shape index (κ1) is 16.5. The molecule has 0 amide bonds. The van der Waals surface area contributed by atoms with Crippen LogP contribution in [-0.4, -0.2) is 10.8 Å². The standard InChI is InChI=1S/C24H17NO3/c1-14-5-6-16-9-18(14)13-28-19-4-2-3-15(10-19)20-12-23(26)25-22-8-7-17(24(16)27)11-21(20)22/h2-12H,13H2,1H3,(H,25,26). The van der Waals surface area contributed by atoms with Crippen LogP contribution in [0.2, 0.25) is 0 Å². The Labute approximate surface area is 161 Å². The van der Waals surface area contributed by atoms with Gasteiger partial charge < -0.3 is 9.72 Å². The van der Waals surface area contributed by atoms with Crippen molar-refractivity contribution in [2.24, 2.45) is 0 Å². The maximum absolute atomic E-state index is 13.1. The van der Waals surface area contributed by atoms with Crippen LogP contribution in [0.3, 0.4) is 0 Å². The van der Waals surface area contributed by atoms with Crippen molar-refractivity contribution >= 4 is 16.7 Å². The second kappa shape index (κ2) is 6.20. The SMILES string of the molecule is Cc1ccc2cc1COc1cccc(c1)-c1cc(=O)[nH]c3ccc(cc13)C2=O. The molecule has 0 saturated carbocycles. The van der Waals surface area contributed by atoms with Crippen molar-refractivity contribution in [1.82, 2.24) is 4.98 Å². The van der Waals surface area contributed by atoms with Crippen LogP contribution in [0.5, 0.6) is 5.75 Å². The lowest BCUT2D eigenvalue weighted by Gasteiger charge is -2.11. The quantitative estimate of drug-likeness (QED) is 0.493. The number of pyridine rings is 1. The van der Waals surface area contributed by atoms with Crippen molar-refractivity contribution in [1.29, 1.82) is 0 Å². The minimum atomic E-state index is -0.181. The third-order valence-corrected chi connectivity index (χ3v) is 5.26. The molecular formula is C24H17NO3. The van der Waals surface area contributed by atoms with E-state index in [9.17, 15) is 9.59 Å². The summed E-state index contributed by atoms with van der Waals surface area (Å²) in [5, 5.41) is 0.828. The number of aryl methyl sites for hydroxylation is 1. The lowest BCUT2D eigenvalue weighted by molar-refractivity contribution is 0.103. The minimum Gasteiger partial charge on any atom is -0.489 e. The van der Waals surface area contributed by atoms with Crippen LogP contribution in [0.15, 0.2) is 71.5 Å². The molecule has 28 heavy (non-hydrogen) atoms. The van der Waals surface area contributed by atoms with E-state index in [1.165, 1.54) is 0 Å². The van der Waals surface area contributed by atoms with Gasteiger partial charge in [0.15, 0.2) is 5.78 Å². The molecule has 4 aromatic rings. The Morgan fingerprint density at radius 2 is 1.68 bits per heavy atom. The topological polar surface area (TPSA) is 59.2 Å². The van der Waals surface area contributed by atoms with Crippen LogP contribution < -0.4 is 10.3 Å². The van der Waals surface area contributed by atoms with E-state index in [0.29, 0.717) is 23.3 Å². The molecule has 2 heterocycles. The van der Waals surface area contributed by atoms with Gasteiger partial charge in [-0.3, -0.25) is 9.59 Å². The average Bonchev–Trinajstić information content (AvgIpc) is 2.71. The molecule has 1 aliphatic rings. The van der Waals surface area contributed by atoms with Crippen molar-refractivity contribution in [2.75, 3.05) is 0 Å². The molecule has 0 unspecified atom stereocenters. The zero-order valence-corrected chi connectivity index (χ0v) is 15.3. The van der Waals surface area contributed by atoms with E-state index in [2.05, 4.69) is 4.98 Å². The minimum absolute atomic E-state index is 0.0498. The van der Waals surface area contributed by atoms with E-state index in [1.54, 1.807) is 18.2 Å². The predicted octanol–water partition coefficient (Wildman–Crippen LogP) is 4.63. The van der Waals surface area contributed by atoms with Crippen LogP contribution in [-0.2, 0) is 6.61 Å². The second-order valence-electron chi connectivity index (χ2n) is 7.09. The number of benzene rings is 3. The molecule has 1 aromatic heterocycles. The molecular weight excluding hydrogens is 350 g/mol. The van der Waals surface area contributed by atoms with Gasteiger partial charge in [0.05, 0.1) is 0 Å². The van der Waals surface area contributed by atoms with E-state index in [0.717, 1.165) is 33.4 Å². The fraction of sp³-hybridized carbons (Fsp3) is 0.0833. The first-order chi connectivity index (χ1) is 13.6. The van der Waals surface area contributed by atoms with Crippen LogP contribution >= 0.6 is 0 Å². The normalized spacial score (nSPS) is 12.8. The summed E-state index contributed by atoms with van der Waals surface area (Å²) in [5.41, 5.74) is 5.44. The first-order valence-corrected chi connectivity index (χ1v) is 9.13. The molecule has 0 aliphatic carbocycles. The number of aromatic nitrogens is 1. The Bertz CT molecular complexity index is 1320. The van der Waals surface area contributed by atoms with Gasteiger partial charge in [-0.2, -0.15) is 0 Å². The summed E-state index contributed by atoms with van der Waals surface area (Å²) in [6, 6.07) is 20.4. The lowest BCUT2D eigenvalue weighted by atomic mass is 9.95. The zero-order valence-electron chi connectivity index (χ0n) is 15.3. The summed E-state index contributed by atoms with van der Waals surface area (Å²) < 4.78 is 6.00. The number of rotatable bonds is 0. The number of ether oxygens (including phenoxy) is 1. The van der Waals surface area contributed by atoms with Gasteiger partial charge in [0.1, 0.15) is 12.4 Å². The summed E-state index contributed by atoms with van der Waals surface area (Å²) in [7, 11) is 0. The highest BCUT2D eigenvalue weighted by molar-refractivity contribution is 6.11. The molecule has 0 spiro atoms. The Kier molecular flexibility index (Phi) is 3.66. The molecule has 136 valence electrons. The average molecular weight is 367 g/mol. The van der Waals surface area contributed by atoms with Gasteiger partial charge in [0, 0.05) is 28.1 Å². The Balaban J connectivity index is 1.85. The number of fused-ring (bicyclic) bond motifs is 6. The molecule has 4 heteroatoms. The fourth-order valence-corrected chi connectivity index (χ4v) is 3.68. The maximum atomic E-state index is 13.1. The van der Waals surface area contributed by atoms with E-state index in [-0.39, 0.29) is 11.3 Å². The number of hydrogen-bond donors (Lipinski definition) is 1. The van der Waals surface area contributed by atoms with Gasteiger partial charge in [-0.15, -0.1) is 0 Å². The molecule has 3 aromatic carbocycles. The maximum Gasteiger partial charge on any atom is 0.249 e. The third-order valence-electron chi connectivity index (χ3n) is 5.26. The predicted molar refractivity (Wildman–Crippen MR) is 109 cm³/mol. The Morgan fingerprint density at radius 1 is 0.857 bits per heavy atom. The molecule has 5 rings (SSSR count). The van der Waals surface area contributed by atoms with Crippen LogP contribution in [0, 0.1) is 6.92 Å². The molecule has 0 atom stereocenters. The molecule has 0 fully saturated rings. The van der Waals surface area contributed by atoms with Crippen LogP contribution in [0.25, 0.3) is 22.0 Å². The smallest absolute Gasteiger partial charge is 0.249 e. The summed E-state index contributed by atoms with van der Waals surface area (Å²) >= 11 is 0. The van der Waals surface area contributed by atoms with Crippen LogP contribution in [0.4, 0.5) is 0 Å². The van der Waals surface area contributed by atoms with E-state index in [4.69, 9.17) is 4.74 Å². The van der Waals surface area contributed by atoms with E-state index < -0.39 is 0 Å². The summed E-state index contributed by atoms with van der Waals surface area (Å²) in [6.45, 7) is 2.38. The van der Waals surface area contributed by atoms with Crippen molar-refractivity contribution in [3.63, 3.8) is 0 Å². The lowest BCUT2D eigenvalue weighted by Crippen LogP contribution is -2.07. The van der Waals surface area contributed by atoms with E-state index >= 15 is 0 Å². The van der Waals surface area contributed by atoms with Gasteiger partial charge >= 0.3 is 0 Å². The molecule has 4 nitrogen and oxygen atoms in total. The summed E-state index contributed by atoms with van der Waals surface area (Å²) in [6.07, 6.45) is 0. The molecule has 0 saturated heterocycles. The molecule has 1 N–H and O–H groups in total. The van der Waals surface area contributed by atoms with Crippen molar-refractivity contribution < 1.29 is 9.53 Å². The molecule has 0 radical (unpaired) electrons. The van der Waals surface area contributed by atoms with Gasteiger partial charge in [-0.25, -0.2) is 0 Å². The third kappa shape index (κ3) is 2.70. The van der Waals surface area contributed by atoms with Crippen molar-refractivity contribution in [2.45, 2.75) is 13.5 Å². The van der Waals surface area contributed by atoms with Gasteiger partial charge in [0.25, 0.3) is 0 Å². The Hall–Kier alpha value is -3.66. The highest BCUT2D eigenvalue weighted by Crippen LogP contribution is 2.31. The number of ketones is 1. The van der Waals surface area contributed by atoms with E-state index in [1.807, 2.05) is 55.5 Å². The molecule has 1 aliphatic heterocycles. The largest absolute Gasteiger partial charge is 0.489 e. The monoisotopic (exact) mass is 367 g/mol. The Morgan fingerprint density at radius 3 is 2.57 bits per heavy atom. The number of aromatic amines is 1. The van der Waals surface area contributed by atoms with Gasteiger partial charge in [-0.05, 0) is 65.6 Å².